The van der Waals surface area contributed by atoms with Gasteiger partial charge < -0.3 is 4.74 Å². The van der Waals surface area contributed by atoms with Crippen LogP contribution in [-0.2, 0) is 38.1 Å². The van der Waals surface area contributed by atoms with Gasteiger partial charge in [0.1, 0.15) is 0 Å². The number of carbonyl (C=O) groups excluding carboxylic acids is 1. The maximum Gasteiger partial charge on any atom is 0.336 e. The standard InChI is InChI=1S/C22H28O8S2/c1-4-28-22(23)21(30-32(26,27)20-14-10-18(3)11-15-20)7-5-6-16-29-31(24,25)19-12-8-17(2)9-13-19/h8-15,21H,4-7,16H2,1-3H3. The fourth-order valence-corrected chi connectivity index (χ4v) is 4.73. The third-order valence-corrected chi connectivity index (χ3v) is 7.17. The summed E-state index contributed by atoms with van der Waals surface area (Å²) in [6.45, 7) is 5.23. The summed E-state index contributed by atoms with van der Waals surface area (Å²) in [6.07, 6.45) is -0.752. The summed E-state index contributed by atoms with van der Waals surface area (Å²) in [5.74, 6) is -0.795. The van der Waals surface area contributed by atoms with E-state index in [-0.39, 0.29) is 42.3 Å². The largest absolute Gasteiger partial charge is 0.464 e. The molecular formula is C22H28O8S2. The smallest absolute Gasteiger partial charge is 0.336 e. The first kappa shape index (κ1) is 26.0. The molecule has 0 amide bonds. The SMILES string of the molecule is CCOC(=O)C(CCCCOS(=O)(=O)c1ccc(C)cc1)OS(=O)(=O)c1ccc(C)cc1. The molecule has 2 rings (SSSR count). The number of rotatable bonds is 12. The van der Waals surface area contributed by atoms with Crippen molar-refractivity contribution < 1.29 is 34.7 Å². The number of benzene rings is 2. The lowest BCUT2D eigenvalue weighted by molar-refractivity contribution is -0.151. The predicted octanol–water partition coefficient (Wildman–Crippen LogP) is 3.52. The minimum atomic E-state index is -4.17. The zero-order chi connectivity index (χ0) is 23.8. The summed E-state index contributed by atoms with van der Waals surface area (Å²) >= 11 is 0. The van der Waals surface area contributed by atoms with Crippen LogP contribution in [0.3, 0.4) is 0 Å². The van der Waals surface area contributed by atoms with E-state index in [0.29, 0.717) is 0 Å². The van der Waals surface area contributed by atoms with Gasteiger partial charge in [-0.05, 0) is 64.3 Å². The van der Waals surface area contributed by atoms with Crippen molar-refractivity contribution in [3.05, 3.63) is 59.7 Å². The third-order valence-electron chi connectivity index (χ3n) is 4.51. The van der Waals surface area contributed by atoms with Crippen LogP contribution < -0.4 is 0 Å². The van der Waals surface area contributed by atoms with Crippen LogP contribution in [0.1, 0.15) is 37.3 Å². The minimum absolute atomic E-state index is 0.0257. The Labute approximate surface area is 189 Å². The van der Waals surface area contributed by atoms with Crippen molar-refractivity contribution in [3.63, 3.8) is 0 Å². The Bertz CT molecular complexity index is 1090. The topological polar surface area (TPSA) is 113 Å². The summed E-state index contributed by atoms with van der Waals surface area (Å²) in [4.78, 5) is 12.2. The van der Waals surface area contributed by atoms with Crippen molar-refractivity contribution in [1.82, 2.24) is 0 Å². The van der Waals surface area contributed by atoms with Gasteiger partial charge in [0.05, 0.1) is 23.0 Å². The zero-order valence-electron chi connectivity index (χ0n) is 18.3. The molecule has 32 heavy (non-hydrogen) atoms. The van der Waals surface area contributed by atoms with Gasteiger partial charge in [0, 0.05) is 0 Å². The maximum atomic E-state index is 12.5. The molecule has 0 saturated carbocycles. The number of carbonyl (C=O) groups is 1. The lowest BCUT2D eigenvalue weighted by atomic mass is 10.1. The second-order valence-electron chi connectivity index (χ2n) is 7.19. The molecule has 0 bridgehead atoms. The van der Waals surface area contributed by atoms with Gasteiger partial charge in [-0.2, -0.15) is 16.8 Å². The van der Waals surface area contributed by atoms with Crippen LogP contribution in [-0.4, -0.2) is 42.1 Å². The van der Waals surface area contributed by atoms with E-state index in [9.17, 15) is 21.6 Å². The van der Waals surface area contributed by atoms with Gasteiger partial charge in [0.15, 0.2) is 6.10 Å². The molecule has 2 aromatic carbocycles. The molecule has 0 heterocycles. The Balaban J connectivity index is 1.94. The van der Waals surface area contributed by atoms with E-state index >= 15 is 0 Å². The molecule has 0 radical (unpaired) electrons. The zero-order valence-corrected chi connectivity index (χ0v) is 19.9. The Morgan fingerprint density at radius 3 is 1.81 bits per heavy atom. The highest BCUT2D eigenvalue weighted by Crippen LogP contribution is 2.19. The molecular weight excluding hydrogens is 456 g/mol. The first-order valence-electron chi connectivity index (χ1n) is 10.2. The maximum absolute atomic E-state index is 12.5. The van der Waals surface area contributed by atoms with Crippen LogP contribution in [0, 0.1) is 13.8 Å². The molecule has 0 N–H and O–H groups in total. The van der Waals surface area contributed by atoms with Gasteiger partial charge in [0.25, 0.3) is 20.2 Å². The van der Waals surface area contributed by atoms with Gasteiger partial charge in [-0.1, -0.05) is 35.4 Å². The molecule has 0 aliphatic heterocycles. The second-order valence-corrected chi connectivity index (χ2v) is 10.4. The van der Waals surface area contributed by atoms with Crippen LogP contribution in [0.4, 0.5) is 0 Å². The van der Waals surface area contributed by atoms with Crippen LogP contribution in [0.25, 0.3) is 0 Å². The molecule has 8 nitrogen and oxygen atoms in total. The van der Waals surface area contributed by atoms with Crippen LogP contribution in [0.5, 0.6) is 0 Å². The predicted molar refractivity (Wildman–Crippen MR) is 118 cm³/mol. The van der Waals surface area contributed by atoms with Crippen molar-refractivity contribution in [2.24, 2.45) is 0 Å². The normalized spacial score (nSPS) is 13.0. The van der Waals surface area contributed by atoms with Crippen molar-refractivity contribution in [3.8, 4) is 0 Å². The van der Waals surface area contributed by atoms with Gasteiger partial charge in [0.2, 0.25) is 0 Å². The van der Waals surface area contributed by atoms with Gasteiger partial charge in [-0.3, -0.25) is 8.37 Å². The summed E-state index contributed by atoms with van der Waals surface area (Å²) in [5.41, 5.74) is 1.81. The number of aryl methyl sites for hydroxylation is 2. The molecule has 176 valence electrons. The monoisotopic (exact) mass is 484 g/mol. The van der Waals surface area contributed by atoms with Crippen molar-refractivity contribution in [1.29, 1.82) is 0 Å². The summed E-state index contributed by atoms with van der Waals surface area (Å²) in [7, 11) is -8.06. The highest BCUT2D eigenvalue weighted by molar-refractivity contribution is 7.87. The lowest BCUT2D eigenvalue weighted by Gasteiger charge is -2.16. The average Bonchev–Trinajstić information content (AvgIpc) is 2.73. The summed E-state index contributed by atoms with van der Waals surface area (Å²) in [6, 6.07) is 12.3. The summed E-state index contributed by atoms with van der Waals surface area (Å²) in [5, 5.41) is 0. The van der Waals surface area contributed by atoms with Gasteiger partial charge in [-0.15, -0.1) is 0 Å². The minimum Gasteiger partial charge on any atom is -0.464 e. The lowest BCUT2D eigenvalue weighted by Crippen LogP contribution is -2.29. The second kappa shape index (κ2) is 11.6. The van der Waals surface area contributed by atoms with Gasteiger partial charge >= 0.3 is 5.97 Å². The molecule has 10 heteroatoms. The quantitative estimate of drug-likeness (QED) is 0.255. The van der Waals surface area contributed by atoms with Crippen LogP contribution in [0.15, 0.2) is 58.3 Å². The van der Waals surface area contributed by atoms with E-state index in [1.54, 1.807) is 31.2 Å². The van der Waals surface area contributed by atoms with E-state index in [4.69, 9.17) is 13.1 Å². The van der Waals surface area contributed by atoms with E-state index in [1.165, 1.54) is 24.3 Å². The molecule has 0 spiro atoms. The fraction of sp³-hybridized carbons (Fsp3) is 0.409. The highest BCUT2D eigenvalue weighted by Gasteiger charge is 2.28. The van der Waals surface area contributed by atoms with E-state index in [0.717, 1.165) is 11.1 Å². The average molecular weight is 485 g/mol. The Kier molecular flexibility index (Phi) is 9.38. The Morgan fingerprint density at radius 1 is 0.812 bits per heavy atom. The van der Waals surface area contributed by atoms with E-state index in [2.05, 4.69) is 0 Å². The van der Waals surface area contributed by atoms with Crippen molar-refractivity contribution >= 4 is 26.2 Å². The van der Waals surface area contributed by atoms with E-state index in [1.807, 2.05) is 13.8 Å². The molecule has 1 unspecified atom stereocenters. The van der Waals surface area contributed by atoms with Crippen LogP contribution in [0.2, 0.25) is 0 Å². The number of unbranched alkanes of at least 4 members (excludes halogenated alkanes) is 1. The van der Waals surface area contributed by atoms with Crippen molar-refractivity contribution in [2.45, 2.75) is 55.9 Å². The fourth-order valence-electron chi connectivity index (χ4n) is 2.73. The van der Waals surface area contributed by atoms with E-state index < -0.39 is 32.3 Å². The number of ether oxygens (including phenoxy) is 1. The van der Waals surface area contributed by atoms with Crippen LogP contribution >= 0.6 is 0 Å². The first-order valence-corrected chi connectivity index (χ1v) is 13.0. The molecule has 0 aliphatic rings. The van der Waals surface area contributed by atoms with Crippen molar-refractivity contribution in [2.75, 3.05) is 13.2 Å². The third kappa shape index (κ3) is 7.70. The Morgan fingerprint density at radius 2 is 1.31 bits per heavy atom. The highest BCUT2D eigenvalue weighted by atomic mass is 32.2. The summed E-state index contributed by atoms with van der Waals surface area (Å²) < 4.78 is 64.6. The first-order chi connectivity index (χ1) is 15.0. The number of hydrogen-bond donors (Lipinski definition) is 0. The molecule has 0 aromatic heterocycles. The Hall–Kier alpha value is -2.27. The molecule has 0 saturated heterocycles. The van der Waals surface area contributed by atoms with Gasteiger partial charge in [-0.25, -0.2) is 4.79 Å². The molecule has 0 aliphatic carbocycles. The number of esters is 1. The molecule has 1 atom stereocenters. The molecule has 0 fully saturated rings. The molecule has 2 aromatic rings. The number of hydrogen-bond acceptors (Lipinski definition) is 8.